The Kier molecular flexibility index (Phi) is 5.57. The minimum atomic E-state index is -3.82. The predicted octanol–water partition coefficient (Wildman–Crippen LogP) is 2.92. The van der Waals surface area contributed by atoms with Gasteiger partial charge in [-0.25, -0.2) is 13.4 Å². The van der Waals surface area contributed by atoms with Crippen molar-refractivity contribution >= 4 is 48.9 Å². The lowest BCUT2D eigenvalue weighted by atomic mass is 10.3. The van der Waals surface area contributed by atoms with Gasteiger partial charge in [-0.2, -0.15) is 0 Å². The normalized spacial score (nSPS) is 11.4. The van der Waals surface area contributed by atoms with Crippen molar-refractivity contribution in [2.75, 3.05) is 16.7 Å². The minimum absolute atomic E-state index is 0.0372. The molecule has 2 aromatic heterocycles. The highest BCUT2D eigenvalue weighted by Gasteiger charge is 2.21. The molecule has 4 aromatic rings. The van der Waals surface area contributed by atoms with Crippen LogP contribution >= 0.6 is 11.3 Å². The molecule has 1 amide bonds. The third kappa shape index (κ3) is 4.21. The summed E-state index contributed by atoms with van der Waals surface area (Å²) in [5.41, 5.74) is 0.528. The predicted molar refractivity (Wildman–Crippen MR) is 121 cm³/mol. The zero-order valence-corrected chi connectivity index (χ0v) is 18.1. The molecule has 0 saturated heterocycles. The number of benzene rings is 2. The smallest absolute Gasteiger partial charge is 0.264 e. The van der Waals surface area contributed by atoms with E-state index in [2.05, 4.69) is 10.3 Å². The van der Waals surface area contributed by atoms with Crippen molar-refractivity contribution in [2.24, 2.45) is 0 Å². The number of carbonyl (C=O) groups is 1. The zero-order valence-electron chi connectivity index (χ0n) is 16.4. The molecule has 158 valence electrons. The number of hydrogen-bond acceptors (Lipinski definition) is 6. The minimum Gasteiger partial charge on any atom is -0.324 e. The molecular weight excluding hydrogens is 436 g/mol. The van der Waals surface area contributed by atoms with Crippen molar-refractivity contribution in [3.8, 4) is 0 Å². The first-order chi connectivity index (χ1) is 14.9. The summed E-state index contributed by atoms with van der Waals surface area (Å²) in [7, 11) is -2.35. The Labute approximate surface area is 182 Å². The molecular formula is C21H18N4O4S2. The lowest BCUT2D eigenvalue weighted by Gasteiger charge is -2.20. The highest BCUT2D eigenvalue weighted by Crippen LogP contribution is 2.23. The van der Waals surface area contributed by atoms with Crippen LogP contribution in [-0.2, 0) is 21.4 Å². The van der Waals surface area contributed by atoms with Gasteiger partial charge in [-0.05, 0) is 41.8 Å². The van der Waals surface area contributed by atoms with Crippen LogP contribution in [-0.4, -0.2) is 30.9 Å². The highest BCUT2D eigenvalue weighted by atomic mass is 32.2. The Morgan fingerprint density at radius 3 is 2.68 bits per heavy atom. The first kappa shape index (κ1) is 20.8. The maximum Gasteiger partial charge on any atom is 0.264 e. The maximum absolute atomic E-state index is 13.0. The standard InChI is InChI=1S/C21H18N4O4S2/c1-24(16-7-3-2-4-8-16)31(28,29)17-9-5-6-15(12-17)23-19(26)13-25-14-22-20-18(21(25)27)10-11-30-20/h2-12,14H,13H2,1H3,(H,23,26). The Balaban J connectivity index is 1.53. The quantitative estimate of drug-likeness (QED) is 0.483. The van der Waals surface area contributed by atoms with Gasteiger partial charge in [-0.1, -0.05) is 24.3 Å². The molecule has 10 heteroatoms. The fourth-order valence-electron chi connectivity index (χ4n) is 3.03. The number of rotatable bonds is 6. The van der Waals surface area contributed by atoms with Crippen LogP contribution in [0.5, 0.6) is 0 Å². The molecule has 1 N–H and O–H groups in total. The second-order valence-electron chi connectivity index (χ2n) is 6.70. The summed E-state index contributed by atoms with van der Waals surface area (Å²) >= 11 is 1.35. The van der Waals surface area contributed by atoms with Crippen LogP contribution in [0.4, 0.5) is 11.4 Å². The Morgan fingerprint density at radius 1 is 1.13 bits per heavy atom. The van der Waals surface area contributed by atoms with E-state index in [0.29, 0.717) is 21.6 Å². The fraction of sp³-hybridized carbons (Fsp3) is 0.0952. The van der Waals surface area contributed by atoms with Gasteiger partial charge in [-0.3, -0.25) is 18.5 Å². The first-order valence-electron chi connectivity index (χ1n) is 9.23. The number of thiophene rings is 1. The van der Waals surface area contributed by atoms with Crippen LogP contribution in [0, 0.1) is 0 Å². The molecule has 0 radical (unpaired) electrons. The van der Waals surface area contributed by atoms with E-state index < -0.39 is 15.9 Å². The molecule has 0 atom stereocenters. The molecule has 0 aliphatic carbocycles. The summed E-state index contributed by atoms with van der Waals surface area (Å²) in [5, 5.41) is 4.87. The molecule has 2 heterocycles. The van der Waals surface area contributed by atoms with Crippen molar-refractivity contribution in [1.29, 1.82) is 0 Å². The molecule has 0 fully saturated rings. The van der Waals surface area contributed by atoms with Crippen LogP contribution in [0.15, 0.2) is 82.1 Å². The van der Waals surface area contributed by atoms with Gasteiger partial charge in [-0.15, -0.1) is 11.3 Å². The van der Waals surface area contributed by atoms with Crippen LogP contribution in [0.2, 0.25) is 0 Å². The SMILES string of the molecule is CN(c1ccccc1)S(=O)(=O)c1cccc(NC(=O)Cn2cnc3sccc3c2=O)c1. The fourth-order valence-corrected chi connectivity index (χ4v) is 5.00. The van der Waals surface area contributed by atoms with E-state index >= 15 is 0 Å². The van der Waals surface area contributed by atoms with Crippen LogP contribution < -0.4 is 15.2 Å². The van der Waals surface area contributed by atoms with E-state index in [-0.39, 0.29) is 17.0 Å². The number of nitrogens with zero attached hydrogens (tertiary/aromatic N) is 3. The number of fused-ring (bicyclic) bond motifs is 1. The molecule has 0 aliphatic heterocycles. The van der Waals surface area contributed by atoms with Gasteiger partial charge in [0, 0.05) is 12.7 Å². The number of nitrogens with one attached hydrogen (secondary N) is 1. The van der Waals surface area contributed by atoms with Gasteiger partial charge < -0.3 is 5.32 Å². The summed E-state index contributed by atoms with van der Waals surface area (Å²) in [5.74, 6) is -0.468. The van der Waals surface area contributed by atoms with Crippen molar-refractivity contribution < 1.29 is 13.2 Å². The van der Waals surface area contributed by atoms with E-state index in [1.807, 2.05) is 0 Å². The molecule has 0 bridgehead atoms. The summed E-state index contributed by atoms with van der Waals surface area (Å²) < 4.78 is 28.3. The van der Waals surface area contributed by atoms with Gasteiger partial charge in [0.15, 0.2) is 0 Å². The van der Waals surface area contributed by atoms with E-state index in [1.54, 1.807) is 53.9 Å². The van der Waals surface area contributed by atoms with E-state index in [9.17, 15) is 18.0 Å². The Morgan fingerprint density at radius 2 is 1.90 bits per heavy atom. The third-order valence-corrected chi connectivity index (χ3v) is 7.26. The Bertz CT molecular complexity index is 1410. The van der Waals surface area contributed by atoms with Crippen LogP contribution in [0.1, 0.15) is 0 Å². The molecule has 0 aliphatic rings. The highest BCUT2D eigenvalue weighted by molar-refractivity contribution is 7.92. The summed E-state index contributed by atoms with van der Waals surface area (Å²) in [6.07, 6.45) is 1.33. The van der Waals surface area contributed by atoms with Gasteiger partial charge in [0.2, 0.25) is 5.91 Å². The molecule has 0 spiro atoms. The molecule has 0 unspecified atom stereocenters. The first-order valence-corrected chi connectivity index (χ1v) is 11.5. The van der Waals surface area contributed by atoms with Crippen molar-refractivity contribution in [2.45, 2.75) is 11.4 Å². The molecule has 31 heavy (non-hydrogen) atoms. The number of hydrogen-bond donors (Lipinski definition) is 1. The largest absolute Gasteiger partial charge is 0.324 e. The molecule has 8 nitrogen and oxygen atoms in total. The summed E-state index contributed by atoms with van der Waals surface area (Å²) in [4.78, 5) is 29.7. The second kappa shape index (κ2) is 8.32. The van der Waals surface area contributed by atoms with Crippen LogP contribution in [0.3, 0.4) is 0 Å². The number of carbonyl (C=O) groups excluding carboxylic acids is 1. The monoisotopic (exact) mass is 454 g/mol. The van der Waals surface area contributed by atoms with Gasteiger partial charge in [0.1, 0.15) is 11.4 Å². The zero-order chi connectivity index (χ0) is 22.0. The van der Waals surface area contributed by atoms with E-state index in [4.69, 9.17) is 0 Å². The van der Waals surface area contributed by atoms with Gasteiger partial charge >= 0.3 is 0 Å². The third-order valence-electron chi connectivity index (χ3n) is 4.66. The molecule has 2 aromatic carbocycles. The van der Waals surface area contributed by atoms with Gasteiger partial charge in [0.05, 0.1) is 22.3 Å². The number of amides is 1. The topological polar surface area (TPSA) is 101 Å². The number of aromatic nitrogens is 2. The molecule has 4 rings (SSSR count). The average molecular weight is 455 g/mol. The number of anilines is 2. The van der Waals surface area contributed by atoms with Crippen molar-refractivity contribution in [3.63, 3.8) is 0 Å². The second-order valence-corrected chi connectivity index (χ2v) is 9.56. The lowest BCUT2D eigenvalue weighted by molar-refractivity contribution is -0.116. The van der Waals surface area contributed by atoms with Gasteiger partial charge in [0.25, 0.3) is 15.6 Å². The summed E-state index contributed by atoms with van der Waals surface area (Å²) in [6.45, 7) is -0.238. The average Bonchev–Trinajstić information content (AvgIpc) is 3.25. The number of sulfonamides is 1. The van der Waals surface area contributed by atoms with Crippen molar-refractivity contribution in [3.05, 3.63) is 82.7 Å². The lowest BCUT2D eigenvalue weighted by Crippen LogP contribution is -2.28. The summed E-state index contributed by atoms with van der Waals surface area (Å²) in [6, 6.07) is 16.3. The van der Waals surface area contributed by atoms with E-state index in [1.165, 1.54) is 45.7 Å². The molecule has 0 saturated carbocycles. The van der Waals surface area contributed by atoms with Crippen LogP contribution in [0.25, 0.3) is 10.2 Å². The maximum atomic E-state index is 13.0. The van der Waals surface area contributed by atoms with Crippen molar-refractivity contribution in [1.82, 2.24) is 9.55 Å². The Hall–Kier alpha value is -3.50. The van der Waals surface area contributed by atoms with E-state index in [0.717, 1.165) is 0 Å². The number of para-hydroxylation sites is 1.